The van der Waals surface area contributed by atoms with E-state index >= 15 is 0 Å². The van der Waals surface area contributed by atoms with Crippen LogP contribution in [-0.2, 0) is 13.0 Å². The van der Waals surface area contributed by atoms with E-state index < -0.39 is 5.97 Å². The number of rotatable bonds is 4. The molecule has 1 aromatic carbocycles. The number of carbonyl (C=O) groups is 1. The number of hydrogen-bond donors (Lipinski definition) is 1. The van der Waals surface area contributed by atoms with Gasteiger partial charge in [0.15, 0.2) is 0 Å². The van der Waals surface area contributed by atoms with Crippen LogP contribution in [-0.4, -0.2) is 15.6 Å². The van der Waals surface area contributed by atoms with Crippen LogP contribution in [0.2, 0.25) is 0 Å². The number of benzene rings is 1. The number of aryl methyl sites for hydroxylation is 2. The Morgan fingerprint density at radius 1 is 1.19 bits per heavy atom. The van der Waals surface area contributed by atoms with Crippen LogP contribution in [0.25, 0.3) is 0 Å². The molecule has 2 rings (SSSR count). The Labute approximate surface area is 94.0 Å². The van der Waals surface area contributed by atoms with Crippen LogP contribution in [0.4, 0.5) is 0 Å². The summed E-state index contributed by atoms with van der Waals surface area (Å²) < 4.78 is 1.90. The number of aromatic carboxylic acids is 1. The molecule has 0 spiro atoms. The van der Waals surface area contributed by atoms with Crippen molar-refractivity contribution in [1.82, 2.24) is 4.57 Å². The smallest absolute Gasteiger partial charge is 0.337 e. The average Bonchev–Trinajstić information content (AvgIpc) is 2.76. The van der Waals surface area contributed by atoms with Gasteiger partial charge in [0, 0.05) is 18.9 Å². The van der Waals surface area contributed by atoms with Gasteiger partial charge in [0.2, 0.25) is 0 Å². The van der Waals surface area contributed by atoms with Gasteiger partial charge in [-0.05, 0) is 18.1 Å². The Kier molecular flexibility index (Phi) is 3.05. The van der Waals surface area contributed by atoms with Gasteiger partial charge < -0.3 is 9.67 Å². The molecule has 0 atom stereocenters. The van der Waals surface area contributed by atoms with E-state index in [1.54, 1.807) is 18.5 Å². The highest BCUT2D eigenvalue weighted by molar-refractivity contribution is 5.87. The Morgan fingerprint density at radius 3 is 2.56 bits per heavy atom. The molecule has 3 nitrogen and oxygen atoms in total. The average molecular weight is 215 g/mol. The SMILES string of the molecule is O=C(O)c1ccn(CCc2ccccc2)c1. The predicted octanol–water partition coefficient (Wildman–Crippen LogP) is 2.43. The van der Waals surface area contributed by atoms with Crippen molar-refractivity contribution in [3.05, 3.63) is 59.9 Å². The fourth-order valence-corrected chi connectivity index (χ4v) is 1.61. The molecule has 0 saturated heterocycles. The van der Waals surface area contributed by atoms with Crippen molar-refractivity contribution in [3.8, 4) is 0 Å². The molecule has 0 saturated carbocycles. The first kappa shape index (κ1) is 10.5. The molecular weight excluding hydrogens is 202 g/mol. The van der Waals surface area contributed by atoms with Crippen LogP contribution in [0, 0.1) is 0 Å². The number of nitrogens with zero attached hydrogens (tertiary/aromatic N) is 1. The third kappa shape index (κ3) is 2.51. The zero-order chi connectivity index (χ0) is 11.4. The fourth-order valence-electron chi connectivity index (χ4n) is 1.61. The molecule has 0 unspecified atom stereocenters. The Hall–Kier alpha value is -2.03. The molecule has 0 fully saturated rings. The molecule has 1 heterocycles. The maximum atomic E-state index is 10.7. The van der Waals surface area contributed by atoms with Crippen molar-refractivity contribution in [2.75, 3.05) is 0 Å². The third-order valence-electron chi connectivity index (χ3n) is 2.50. The van der Waals surface area contributed by atoms with Crippen LogP contribution in [0.1, 0.15) is 15.9 Å². The summed E-state index contributed by atoms with van der Waals surface area (Å²) in [6.07, 6.45) is 4.37. The first-order valence-electron chi connectivity index (χ1n) is 5.19. The predicted molar refractivity (Wildman–Crippen MR) is 61.5 cm³/mol. The van der Waals surface area contributed by atoms with Crippen LogP contribution in [0.5, 0.6) is 0 Å². The van der Waals surface area contributed by atoms with E-state index in [1.165, 1.54) is 5.56 Å². The topological polar surface area (TPSA) is 42.2 Å². The number of hydrogen-bond acceptors (Lipinski definition) is 1. The first-order valence-corrected chi connectivity index (χ1v) is 5.19. The summed E-state index contributed by atoms with van der Waals surface area (Å²) in [4.78, 5) is 10.7. The summed E-state index contributed by atoms with van der Waals surface area (Å²) in [6, 6.07) is 11.8. The van der Waals surface area contributed by atoms with Crippen molar-refractivity contribution in [1.29, 1.82) is 0 Å². The number of aromatic nitrogens is 1. The van der Waals surface area contributed by atoms with Gasteiger partial charge in [-0.25, -0.2) is 4.79 Å². The lowest BCUT2D eigenvalue weighted by Gasteiger charge is -2.02. The highest BCUT2D eigenvalue weighted by Crippen LogP contribution is 2.05. The lowest BCUT2D eigenvalue weighted by Crippen LogP contribution is -1.99. The van der Waals surface area contributed by atoms with Crippen LogP contribution >= 0.6 is 0 Å². The van der Waals surface area contributed by atoms with Crippen LogP contribution < -0.4 is 0 Å². The van der Waals surface area contributed by atoms with E-state index in [1.807, 2.05) is 22.8 Å². The number of carboxylic acid groups (broad SMARTS) is 1. The van der Waals surface area contributed by atoms with E-state index in [4.69, 9.17) is 5.11 Å². The van der Waals surface area contributed by atoms with Crippen LogP contribution in [0.3, 0.4) is 0 Å². The largest absolute Gasteiger partial charge is 0.478 e. The molecule has 0 aliphatic carbocycles. The van der Waals surface area contributed by atoms with Crippen molar-refractivity contribution >= 4 is 5.97 Å². The lowest BCUT2D eigenvalue weighted by molar-refractivity contribution is 0.0697. The molecule has 0 amide bonds. The molecule has 2 aromatic rings. The molecule has 16 heavy (non-hydrogen) atoms. The van der Waals surface area contributed by atoms with E-state index in [0.717, 1.165) is 13.0 Å². The molecule has 0 aliphatic rings. The van der Waals surface area contributed by atoms with Gasteiger partial charge in [-0.1, -0.05) is 30.3 Å². The highest BCUT2D eigenvalue weighted by Gasteiger charge is 2.03. The summed E-state index contributed by atoms with van der Waals surface area (Å²) in [7, 11) is 0. The second-order valence-corrected chi connectivity index (χ2v) is 3.68. The van der Waals surface area contributed by atoms with Crippen molar-refractivity contribution in [2.24, 2.45) is 0 Å². The van der Waals surface area contributed by atoms with Gasteiger partial charge in [-0.2, -0.15) is 0 Å². The quantitative estimate of drug-likeness (QED) is 0.851. The standard InChI is InChI=1S/C13H13NO2/c15-13(16)12-7-9-14(10-12)8-6-11-4-2-1-3-5-11/h1-5,7,9-10H,6,8H2,(H,15,16). The summed E-state index contributed by atoms with van der Waals surface area (Å²) in [5.74, 6) is -0.876. The molecule has 0 aliphatic heterocycles. The molecule has 0 bridgehead atoms. The van der Waals surface area contributed by atoms with Crippen LogP contribution in [0.15, 0.2) is 48.8 Å². The van der Waals surface area contributed by atoms with Gasteiger partial charge >= 0.3 is 5.97 Å². The zero-order valence-corrected chi connectivity index (χ0v) is 8.84. The second-order valence-electron chi connectivity index (χ2n) is 3.68. The van der Waals surface area contributed by atoms with Gasteiger partial charge in [0.1, 0.15) is 0 Å². The molecular formula is C13H13NO2. The zero-order valence-electron chi connectivity index (χ0n) is 8.84. The van der Waals surface area contributed by atoms with Crippen molar-refractivity contribution in [2.45, 2.75) is 13.0 Å². The second kappa shape index (κ2) is 4.66. The molecule has 0 radical (unpaired) electrons. The molecule has 1 N–H and O–H groups in total. The van der Waals surface area contributed by atoms with Gasteiger partial charge in [-0.15, -0.1) is 0 Å². The summed E-state index contributed by atoms with van der Waals surface area (Å²) in [6.45, 7) is 0.803. The van der Waals surface area contributed by atoms with E-state index in [-0.39, 0.29) is 0 Å². The van der Waals surface area contributed by atoms with Crippen molar-refractivity contribution in [3.63, 3.8) is 0 Å². The molecule has 3 heteroatoms. The first-order chi connectivity index (χ1) is 7.75. The van der Waals surface area contributed by atoms with Gasteiger partial charge in [0.05, 0.1) is 5.56 Å². The summed E-state index contributed by atoms with van der Waals surface area (Å²) >= 11 is 0. The minimum Gasteiger partial charge on any atom is -0.478 e. The minimum atomic E-state index is -0.876. The van der Waals surface area contributed by atoms with E-state index in [9.17, 15) is 4.79 Å². The number of carboxylic acids is 1. The normalized spacial score (nSPS) is 10.2. The molecule has 1 aromatic heterocycles. The molecule has 82 valence electrons. The summed E-state index contributed by atoms with van der Waals surface area (Å²) in [5, 5.41) is 8.77. The Bertz CT molecular complexity index is 474. The highest BCUT2D eigenvalue weighted by atomic mass is 16.4. The van der Waals surface area contributed by atoms with E-state index in [0.29, 0.717) is 5.56 Å². The van der Waals surface area contributed by atoms with Crippen molar-refractivity contribution < 1.29 is 9.90 Å². The minimum absolute atomic E-state index is 0.341. The maximum Gasteiger partial charge on any atom is 0.337 e. The van der Waals surface area contributed by atoms with Gasteiger partial charge in [0.25, 0.3) is 0 Å². The summed E-state index contributed by atoms with van der Waals surface area (Å²) in [5.41, 5.74) is 1.60. The fraction of sp³-hybridized carbons (Fsp3) is 0.154. The van der Waals surface area contributed by atoms with E-state index in [2.05, 4.69) is 12.1 Å². The lowest BCUT2D eigenvalue weighted by atomic mass is 10.1. The third-order valence-corrected chi connectivity index (χ3v) is 2.50. The Morgan fingerprint density at radius 2 is 1.94 bits per heavy atom. The maximum absolute atomic E-state index is 10.7. The Balaban J connectivity index is 1.97. The monoisotopic (exact) mass is 215 g/mol. The van der Waals surface area contributed by atoms with Gasteiger partial charge in [-0.3, -0.25) is 0 Å².